The Morgan fingerprint density at radius 1 is 1.41 bits per heavy atom. The summed E-state index contributed by atoms with van der Waals surface area (Å²) in [6, 6.07) is 0. The fourth-order valence-corrected chi connectivity index (χ4v) is 2.54. The average molecular weight is 239 g/mol. The van der Waals surface area contributed by atoms with Gasteiger partial charge >= 0.3 is 5.97 Å². The molecule has 98 valence electrons. The maximum Gasteiger partial charge on any atom is 0.331 e. The Hall–Kier alpha value is -0.830. The van der Waals surface area contributed by atoms with E-state index in [9.17, 15) is 4.79 Å². The second-order valence-corrected chi connectivity index (χ2v) is 5.07. The standard InChI is InChI=1S/C14H25NO2/c1-3-12(14(16)17)8-9-15-10-13-7-5-4-6-11(13)2/h8,11,13,15H,3-7,9-10H2,1-2H3,(H,16,17). The van der Waals surface area contributed by atoms with Crippen molar-refractivity contribution < 1.29 is 9.90 Å². The summed E-state index contributed by atoms with van der Waals surface area (Å²) in [7, 11) is 0. The Morgan fingerprint density at radius 2 is 2.12 bits per heavy atom. The second kappa shape index (κ2) is 7.49. The maximum absolute atomic E-state index is 10.8. The molecule has 2 atom stereocenters. The van der Waals surface area contributed by atoms with Crippen LogP contribution in [0.25, 0.3) is 0 Å². The zero-order valence-electron chi connectivity index (χ0n) is 11.0. The molecule has 1 aliphatic rings. The number of hydrogen-bond acceptors (Lipinski definition) is 2. The van der Waals surface area contributed by atoms with E-state index in [1.807, 2.05) is 6.92 Å². The van der Waals surface area contributed by atoms with E-state index in [-0.39, 0.29) is 0 Å². The Labute approximate surface area is 104 Å². The summed E-state index contributed by atoms with van der Waals surface area (Å²) in [4.78, 5) is 10.8. The first-order valence-corrected chi connectivity index (χ1v) is 6.78. The molecule has 0 aromatic rings. The number of nitrogens with one attached hydrogen (secondary N) is 1. The number of aliphatic carboxylic acids is 1. The lowest BCUT2D eigenvalue weighted by atomic mass is 9.80. The largest absolute Gasteiger partial charge is 0.478 e. The van der Waals surface area contributed by atoms with Gasteiger partial charge in [-0.3, -0.25) is 0 Å². The van der Waals surface area contributed by atoms with Crippen molar-refractivity contribution >= 4 is 5.97 Å². The van der Waals surface area contributed by atoms with E-state index >= 15 is 0 Å². The normalized spacial score (nSPS) is 25.9. The van der Waals surface area contributed by atoms with Crippen molar-refractivity contribution in [3.05, 3.63) is 11.6 Å². The predicted octanol–water partition coefficient (Wildman–Crippen LogP) is 2.82. The van der Waals surface area contributed by atoms with Crippen LogP contribution in [0.15, 0.2) is 11.6 Å². The van der Waals surface area contributed by atoms with Crippen LogP contribution in [-0.2, 0) is 4.79 Å². The minimum atomic E-state index is -0.791. The van der Waals surface area contributed by atoms with E-state index in [2.05, 4.69) is 12.2 Å². The zero-order valence-corrected chi connectivity index (χ0v) is 11.0. The molecule has 0 aromatic heterocycles. The maximum atomic E-state index is 10.8. The van der Waals surface area contributed by atoms with Crippen LogP contribution in [0.5, 0.6) is 0 Å². The van der Waals surface area contributed by atoms with E-state index in [1.165, 1.54) is 25.7 Å². The van der Waals surface area contributed by atoms with Crippen LogP contribution in [0, 0.1) is 11.8 Å². The van der Waals surface area contributed by atoms with Gasteiger partial charge in [-0.1, -0.05) is 39.2 Å². The van der Waals surface area contributed by atoms with Crippen LogP contribution in [0.3, 0.4) is 0 Å². The van der Waals surface area contributed by atoms with Crippen LogP contribution in [0.1, 0.15) is 46.0 Å². The lowest BCUT2D eigenvalue weighted by Gasteiger charge is -2.28. The predicted molar refractivity (Wildman–Crippen MR) is 70.0 cm³/mol. The quantitative estimate of drug-likeness (QED) is 0.553. The highest BCUT2D eigenvalue weighted by molar-refractivity contribution is 5.86. The van der Waals surface area contributed by atoms with Crippen molar-refractivity contribution in [1.29, 1.82) is 0 Å². The summed E-state index contributed by atoms with van der Waals surface area (Å²) < 4.78 is 0. The van der Waals surface area contributed by atoms with Crippen molar-refractivity contribution in [1.82, 2.24) is 5.32 Å². The second-order valence-electron chi connectivity index (χ2n) is 5.07. The Morgan fingerprint density at radius 3 is 2.71 bits per heavy atom. The molecule has 0 aliphatic heterocycles. The Balaban J connectivity index is 2.25. The van der Waals surface area contributed by atoms with Gasteiger partial charge in [-0.15, -0.1) is 0 Å². The molecule has 3 nitrogen and oxygen atoms in total. The lowest BCUT2D eigenvalue weighted by molar-refractivity contribution is -0.132. The fraction of sp³-hybridized carbons (Fsp3) is 0.786. The molecule has 0 radical (unpaired) electrons. The van der Waals surface area contributed by atoms with Crippen LogP contribution < -0.4 is 5.32 Å². The van der Waals surface area contributed by atoms with Crippen molar-refractivity contribution in [2.75, 3.05) is 13.1 Å². The average Bonchev–Trinajstić information content (AvgIpc) is 2.31. The van der Waals surface area contributed by atoms with Gasteiger partial charge in [0.25, 0.3) is 0 Å². The first kappa shape index (κ1) is 14.2. The Bertz CT molecular complexity index is 273. The minimum absolute atomic E-state index is 0.509. The number of carboxylic acid groups (broad SMARTS) is 1. The first-order chi connectivity index (χ1) is 8.15. The molecule has 1 saturated carbocycles. The van der Waals surface area contributed by atoms with Crippen LogP contribution >= 0.6 is 0 Å². The number of carboxylic acids is 1. The van der Waals surface area contributed by atoms with Crippen molar-refractivity contribution in [3.8, 4) is 0 Å². The van der Waals surface area contributed by atoms with Gasteiger partial charge in [0.2, 0.25) is 0 Å². The minimum Gasteiger partial charge on any atom is -0.478 e. The highest BCUT2D eigenvalue weighted by atomic mass is 16.4. The third kappa shape index (κ3) is 4.90. The van der Waals surface area contributed by atoms with Crippen molar-refractivity contribution in [2.24, 2.45) is 11.8 Å². The lowest BCUT2D eigenvalue weighted by Crippen LogP contribution is -2.29. The van der Waals surface area contributed by atoms with Gasteiger partial charge in [0.1, 0.15) is 0 Å². The Kier molecular flexibility index (Phi) is 6.27. The fourth-order valence-electron chi connectivity index (χ4n) is 2.54. The molecule has 1 rings (SSSR count). The first-order valence-electron chi connectivity index (χ1n) is 6.78. The monoisotopic (exact) mass is 239 g/mol. The van der Waals surface area contributed by atoms with Gasteiger partial charge in [0, 0.05) is 12.1 Å². The van der Waals surface area contributed by atoms with E-state index in [0.717, 1.165) is 18.4 Å². The molecule has 2 unspecified atom stereocenters. The number of rotatable bonds is 6. The summed E-state index contributed by atoms with van der Waals surface area (Å²) in [6.07, 6.45) is 7.78. The number of carbonyl (C=O) groups is 1. The van der Waals surface area contributed by atoms with Crippen LogP contribution in [-0.4, -0.2) is 24.2 Å². The third-order valence-corrected chi connectivity index (χ3v) is 3.84. The van der Waals surface area contributed by atoms with Crippen molar-refractivity contribution in [3.63, 3.8) is 0 Å². The van der Waals surface area contributed by atoms with Crippen LogP contribution in [0.2, 0.25) is 0 Å². The molecular weight excluding hydrogens is 214 g/mol. The molecule has 17 heavy (non-hydrogen) atoms. The molecule has 0 bridgehead atoms. The van der Waals surface area contributed by atoms with Gasteiger partial charge in [-0.05, 0) is 31.2 Å². The molecule has 0 amide bonds. The summed E-state index contributed by atoms with van der Waals surface area (Å²) in [5, 5.41) is 12.2. The highest BCUT2D eigenvalue weighted by Gasteiger charge is 2.20. The van der Waals surface area contributed by atoms with E-state index in [4.69, 9.17) is 5.11 Å². The molecule has 0 saturated heterocycles. The third-order valence-electron chi connectivity index (χ3n) is 3.84. The summed E-state index contributed by atoms with van der Waals surface area (Å²) in [5.41, 5.74) is 0.509. The number of hydrogen-bond donors (Lipinski definition) is 2. The molecule has 1 aliphatic carbocycles. The summed E-state index contributed by atoms with van der Waals surface area (Å²) >= 11 is 0. The SMILES string of the molecule is CCC(=CCNCC1CCCCC1C)C(=O)O. The molecule has 1 fully saturated rings. The molecule has 0 spiro atoms. The molecule has 2 N–H and O–H groups in total. The molecule has 3 heteroatoms. The highest BCUT2D eigenvalue weighted by Crippen LogP contribution is 2.28. The van der Waals surface area contributed by atoms with Crippen LogP contribution in [0.4, 0.5) is 0 Å². The molecule has 0 heterocycles. The smallest absolute Gasteiger partial charge is 0.331 e. The van der Waals surface area contributed by atoms with Gasteiger partial charge < -0.3 is 10.4 Å². The molecular formula is C14H25NO2. The topological polar surface area (TPSA) is 49.3 Å². The van der Waals surface area contributed by atoms with Crippen molar-refractivity contribution in [2.45, 2.75) is 46.0 Å². The van der Waals surface area contributed by atoms with E-state index in [0.29, 0.717) is 18.5 Å². The zero-order chi connectivity index (χ0) is 12.7. The van der Waals surface area contributed by atoms with E-state index < -0.39 is 5.97 Å². The van der Waals surface area contributed by atoms with Gasteiger partial charge in [-0.2, -0.15) is 0 Å². The summed E-state index contributed by atoms with van der Waals surface area (Å²) in [6.45, 7) is 5.91. The molecule has 0 aromatic carbocycles. The van der Waals surface area contributed by atoms with Gasteiger partial charge in [0.05, 0.1) is 0 Å². The van der Waals surface area contributed by atoms with Gasteiger partial charge in [-0.25, -0.2) is 4.79 Å². The summed E-state index contributed by atoms with van der Waals surface area (Å²) in [5.74, 6) is 0.790. The van der Waals surface area contributed by atoms with Gasteiger partial charge in [0.15, 0.2) is 0 Å². The van der Waals surface area contributed by atoms with E-state index in [1.54, 1.807) is 6.08 Å².